The molecule has 0 saturated carbocycles. The SMILES string of the molecule is COc1cc2cc(c1Cl)N(C)C(=O)CC(OC(=O)CCCCC(=O)O)C1(C)OC1C(C)C1CC(O)(NC(=O)O1)C(OC)/C=C/C=C(\C)C2. The highest BCUT2D eigenvalue weighted by molar-refractivity contribution is 6.35. The Bertz CT molecular complexity index is 1460. The quantitative estimate of drug-likeness (QED) is 0.201. The Morgan fingerprint density at radius 2 is 1.90 bits per heavy atom. The third kappa shape index (κ3) is 8.49. The van der Waals surface area contributed by atoms with Gasteiger partial charge in [-0.25, -0.2) is 4.79 Å². The van der Waals surface area contributed by atoms with Gasteiger partial charge in [-0.3, -0.25) is 19.7 Å². The second-order valence-corrected chi connectivity index (χ2v) is 13.3. The maximum Gasteiger partial charge on any atom is 0.409 e. The number of benzene rings is 1. The maximum absolute atomic E-state index is 13.9. The molecular formula is C34H45ClN2O11. The molecule has 0 aromatic heterocycles. The summed E-state index contributed by atoms with van der Waals surface area (Å²) in [5.74, 6) is -2.11. The van der Waals surface area contributed by atoms with Gasteiger partial charge in [0.15, 0.2) is 5.72 Å². The molecule has 3 heterocycles. The number of aliphatic hydroxyl groups is 1. The number of ether oxygens (including phenoxy) is 5. The number of carboxylic acid groups (broad SMARTS) is 1. The first kappa shape index (κ1) is 37.2. The van der Waals surface area contributed by atoms with Crippen molar-refractivity contribution in [2.75, 3.05) is 26.2 Å². The minimum atomic E-state index is -1.81. The zero-order valence-corrected chi connectivity index (χ0v) is 28.9. The molecule has 7 unspecified atom stereocenters. The minimum Gasteiger partial charge on any atom is -0.495 e. The lowest BCUT2D eigenvalue weighted by molar-refractivity contribution is -0.154. The Labute approximate surface area is 285 Å². The molecule has 264 valence electrons. The zero-order chi connectivity index (χ0) is 35.4. The lowest BCUT2D eigenvalue weighted by Crippen LogP contribution is -2.63. The number of hydrogen-bond acceptors (Lipinski definition) is 10. The summed E-state index contributed by atoms with van der Waals surface area (Å²) in [6, 6.07) is 3.57. The predicted octanol–water partition coefficient (Wildman–Crippen LogP) is 4.31. The molecule has 0 aliphatic carbocycles. The van der Waals surface area contributed by atoms with Gasteiger partial charge in [0.05, 0.1) is 25.3 Å². The highest BCUT2D eigenvalue weighted by Crippen LogP contribution is 2.49. The van der Waals surface area contributed by atoms with Crippen molar-refractivity contribution in [1.29, 1.82) is 0 Å². The molecule has 3 N–H and O–H groups in total. The van der Waals surface area contributed by atoms with Crippen molar-refractivity contribution >= 4 is 41.2 Å². The molecule has 0 radical (unpaired) electrons. The number of esters is 1. The number of nitrogens with one attached hydrogen (secondary N) is 1. The van der Waals surface area contributed by atoms with E-state index in [1.807, 2.05) is 13.0 Å². The third-order valence-corrected chi connectivity index (χ3v) is 9.63. The van der Waals surface area contributed by atoms with Gasteiger partial charge in [0, 0.05) is 39.3 Å². The van der Waals surface area contributed by atoms with Crippen LogP contribution in [0.5, 0.6) is 5.75 Å². The van der Waals surface area contributed by atoms with Crippen molar-refractivity contribution in [3.05, 3.63) is 46.5 Å². The Balaban J connectivity index is 1.73. The summed E-state index contributed by atoms with van der Waals surface area (Å²) in [6.45, 7) is 5.43. The van der Waals surface area contributed by atoms with E-state index in [4.69, 9.17) is 40.4 Å². The van der Waals surface area contributed by atoms with Crippen LogP contribution in [-0.2, 0) is 39.8 Å². The van der Waals surface area contributed by atoms with Gasteiger partial charge in [-0.2, -0.15) is 0 Å². The molecule has 3 aliphatic rings. The highest BCUT2D eigenvalue weighted by Gasteiger charge is 2.64. The number of methoxy groups -OCH3 is 2. The van der Waals surface area contributed by atoms with Crippen molar-refractivity contribution in [3.63, 3.8) is 0 Å². The average molecular weight is 693 g/mol. The number of allylic oxidation sites excluding steroid dienone is 3. The lowest BCUT2D eigenvalue weighted by Gasteiger charge is -2.42. The normalized spacial score (nSPS) is 32.5. The first-order valence-corrected chi connectivity index (χ1v) is 16.3. The number of carbonyl (C=O) groups excluding carboxylic acids is 3. The first-order valence-electron chi connectivity index (χ1n) is 15.9. The molecule has 7 atom stereocenters. The van der Waals surface area contributed by atoms with E-state index >= 15 is 0 Å². The van der Waals surface area contributed by atoms with Gasteiger partial charge in [0.25, 0.3) is 0 Å². The highest BCUT2D eigenvalue weighted by atomic mass is 35.5. The van der Waals surface area contributed by atoms with Gasteiger partial charge in [-0.15, -0.1) is 0 Å². The number of hydrogen-bond donors (Lipinski definition) is 3. The number of halogens is 1. The van der Waals surface area contributed by atoms with E-state index in [1.54, 1.807) is 45.2 Å². The molecular weight excluding hydrogens is 648 g/mol. The summed E-state index contributed by atoms with van der Waals surface area (Å²) in [7, 11) is 4.48. The summed E-state index contributed by atoms with van der Waals surface area (Å²) in [5.41, 5.74) is -0.831. The van der Waals surface area contributed by atoms with E-state index in [9.17, 15) is 24.3 Å². The molecule has 1 aromatic rings. The lowest BCUT2D eigenvalue weighted by atomic mass is 9.83. The van der Waals surface area contributed by atoms with Crippen LogP contribution in [0.2, 0.25) is 5.02 Å². The van der Waals surface area contributed by atoms with Crippen LogP contribution in [0.1, 0.15) is 64.9 Å². The number of unbranched alkanes of at least 4 members (excludes halogenated alkanes) is 1. The van der Waals surface area contributed by atoms with Gasteiger partial charge in [0.2, 0.25) is 5.91 Å². The standard InChI is InChI=1S/C34H45ClN2O11/c1-19-10-9-11-25(45-6)34(43)18-24(46-32(42)36-34)20(2)31-33(3,48-31)26(47-29(41)13-8-7-12-28(39)40)17-27(38)37(4)22-15-21(14-19)16-23(44-5)30(22)35/h9-11,15-16,20,24-26,31,43H,7-8,12-14,17-18H2,1-6H3,(H,36,42)(H,39,40)/b11-9+,19-10+. The third-order valence-electron chi connectivity index (χ3n) is 9.25. The van der Waals surface area contributed by atoms with Crippen LogP contribution in [0.25, 0.3) is 0 Å². The second kappa shape index (κ2) is 15.3. The van der Waals surface area contributed by atoms with Crippen molar-refractivity contribution in [2.24, 2.45) is 5.92 Å². The Morgan fingerprint density at radius 3 is 2.56 bits per heavy atom. The van der Waals surface area contributed by atoms with Crippen LogP contribution >= 0.6 is 11.6 Å². The molecule has 0 spiro atoms. The Morgan fingerprint density at radius 1 is 1.19 bits per heavy atom. The van der Waals surface area contributed by atoms with Crippen molar-refractivity contribution in [1.82, 2.24) is 5.32 Å². The molecule has 3 aliphatic heterocycles. The van der Waals surface area contributed by atoms with E-state index in [1.165, 1.54) is 19.1 Å². The number of carbonyl (C=O) groups is 4. The van der Waals surface area contributed by atoms with E-state index < -0.39 is 65.6 Å². The van der Waals surface area contributed by atoms with Gasteiger partial charge < -0.3 is 38.8 Å². The van der Waals surface area contributed by atoms with Crippen LogP contribution in [-0.4, -0.2) is 91.2 Å². The monoisotopic (exact) mass is 692 g/mol. The number of rotatable bonds is 8. The van der Waals surface area contributed by atoms with Crippen LogP contribution < -0.4 is 15.0 Å². The van der Waals surface area contributed by atoms with Gasteiger partial charge in [-0.1, -0.05) is 42.3 Å². The number of alkyl carbamates (subject to hydrolysis) is 1. The number of epoxide rings is 1. The number of nitrogens with zero attached hydrogens (tertiary/aromatic N) is 1. The van der Waals surface area contributed by atoms with Crippen LogP contribution in [0.4, 0.5) is 10.5 Å². The van der Waals surface area contributed by atoms with Gasteiger partial charge in [-0.05, 0) is 50.8 Å². The fourth-order valence-electron chi connectivity index (χ4n) is 6.37. The topological polar surface area (TPSA) is 173 Å². The molecule has 13 nitrogen and oxygen atoms in total. The summed E-state index contributed by atoms with van der Waals surface area (Å²) in [4.78, 5) is 51.9. The molecule has 2 saturated heterocycles. The van der Waals surface area contributed by atoms with E-state index in [0.717, 1.165) is 11.1 Å². The minimum absolute atomic E-state index is 0.0405. The Hall–Kier alpha value is -3.65. The molecule has 1 aromatic carbocycles. The molecule has 2 amide bonds. The van der Waals surface area contributed by atoms with Crippen molar-refractivity contribution in [2.45, 2.75) is 101 Å². The molecule has 48 heavy (non-hydrogen) atoms. The smallest absolute Gasteiger partial charge is 0.409 e. The van der Waals surface area contributed by atoms with Gasteiger partial charge in [0.1, 0.15) is 34.7 Å². The molecule has 4 rings (SSSR count). The van der Waals surface area contributed by atoms with Crippen LogP contribution in [0.3, 0.4) is 0 Å². The first-order chi connectivity index (χ1) is 22.6. The van der Waals surface area contributed by atoms with E-state index in [2.05, 4.69) is 5.32 Å². The number of fused-ring (bicyclic) bond motifs is 5. The van der Waals surface area contributed by atoms with E-state index in [-0.39, 0.29) is 43.5 Å². The fourth-order valence-corrected chi connectivity index (χ4v) is 6.68. The van der Waals surface area contributed by atoms with Crippen molar-refractivity contribution in [3.8, 4) is 5.75 Å². The number of anilines is 1. The number of carboxylic acids is 1. The fraction of sp³-hybridized carbons (Fsp3) is 0.588. The Kier molecular flexibility index (Phi) is 11.8. The average Bonchev–Trinajstić information content (AvgIpc) is 3.72. The van der Waals surface area contributed by atoms with Crippen LogP contribution in [0.15, 0.2) is 35.9 Å². The summed E-state index contributed by atoms with van der Waals surface area (Å²) < 4.78 is 28.8. The molecule has 4 bridgehead atoms. The molecule has 2 fully saturated rings. The summed E-state index contributed by atoms with van der Waals surface area (Å²) in [6.07, 6.45) is 1.57. The second-order valence-electron chi connectivity index (χ2n) is 12.9. The van der Waals surface area contributed by atoms with Gasteiger partial charge >= 0.3 is 18.0 Å². The maximum atomic E-state index is 13.9. The van der Waals surface area contributed by atoms with E-state index in [0.29, 0.717) is 17.9 Å². The largest absolute Gasteiger partial charge is 0.495 e. The predicted molar refractivity (Wildman–Crippen MR) is 175 cm³/mol. The molecule has 14 heteroatoms. The van der Waals surface area contributed by atoms with Crippen molar-refractivity contribution < 1.29 is 53.1 Å². The zero-order valence-electron chi connectivity index (χ0n) is 28.1. The summed E-state index contributed by atoms with van der Waals surface area (Å²) in [5, 5.41) is 23.3. The van der Waals surface area contributed by atoms with Crippen LogP contribution in [0, 0.1) is 5.92 Å². The number of amides is 2. The number of aliphatic carboxylic acids is 1. The summed E-state index contributed by atoms with van der Waals surface area (Å²) >= 11 is 6.69.